The number of hydrogen-bond acceptors (Lipinski definition) is 3. The maximum absolute atomic E-state index is 11.6. The standard InChI is InChI=1S/C16H25NO3/c1-4-5-6-7-10-17-16(18)12-20-14-9-8-13(2)11-15(14)19-3/h8-9,11H,4-7,10,12H2,1-3H3,(H,17,18). The van der Waals surface area contributed by atoms with Crippen molar-refractivity contribution in [3.05, 3.63) is 23.8 Å². The molecule has 0 bridgehead atoms. The number of benzene rings is 1. The molecular formula is C16H25NO3. The molecular weight excluding hydrogens is 254 g/mol. The minimum Gasteiger partial charge on any atom is -0.493 e. The molecule has 0 radical (unpaired) electrons. The quantitative estimate of drug-likeness (QED) is 0.707. The predicted octanol–water partition coefficient (Wildman–Crippen LogP) is 3.08. The van der Waals surface area contributed by atoms with Gasteiger partial charge in [0.15, 0.2) is 18.1 Å². The lowest BCUT2D eigenvalue weighted by Gasteiger charge is -2.11. The second-order valence-electron chi connectivity index (χ2n) is 4.85. The van der Waals surface area contributed by atoms with Gasteiger partial charge in [-0.25, -0.2) is 0 Å². The van der Waals surface area contributed by atoms with Crippen LogP contribution in [0.5, 0.6) is 11.5 Å². The van der Waals surface area contributed by atoms with E-state index in [4.69, 9.17) is 9.47 Å². The molecule has 0 aliphatic rings. The van der Waals surface area contributed by atoms with E-state index in [2.05, 4.69) is 12.2 Å². The van der Waals surface area contributed by atoms with Gasteiger partial charge in [-0.2, -0.15) is 0 Å². The van der Waals surface area contributed by atoms with Crippen LogP contribution in [0.1, 0.15) is 38.2 Å². The van der Waals surface area contributed by atoms with Gasteiger partial charge in [-0.3, -0.25) is 4.79 Å². The Morgan fingerprint density at radius 2 is 2.00 bits per heavy atom. The first-order chi connectivity index (χ1) is 9.67. The monoisotopic (exact) mass is 279 g/mol. The number of ether oxygens (including phenoxy) is 2. The van der Waals surface area contributed by atoms with Crippen molar-refractivity contribution in [2.24, 2.45) is 0 Å². The Balaban J connectivity index is 2.30. The van der Waals surface area contributed by atoms with Gasteiger partial charge in [0, 0.05) is 6.54 Å². The summed E-state index contributed by atoms with van der Waals surface area (Å²) in [6.07, 6.45) is 4.59. The molecule has 0 atom stereocenters. The SMILES string of the molecule is CCCCCCNC(=O)COc1ccc(C)cc1OC. The highest BCUT2D eigenvalue weighted by Crippen LogP contribution is 2.27. The van der Waals surface area contributed by atoms with Crippen LogP contribution in [0.2, 0.25) is 0 Å². The van der Waals surface area contributed by atoms with Crippen LogP contribution in [-0.2, 0) is 4.79 Å². The number of hydrogen-bond donors (Lipinski definition) is 1. The van der Waals surface area contributed by atoms with Gasteiger partial charge in [-0.15, -0.1) is 0 Å². The third-order valence-electron chi connectivity index (χ3n) is 3.03. The second kappa shape index (κ2) is 9.23. The van der Waals surface area contributed by atoms with Crippen LogP contribution in [0.3, 0.4) is 0 Å². The normalized spacial score (nSPS) is 10.2. The fourth-order valence-electron chi connectivity index (χ4n) is 1.87. The van der Waals surface area contributed by atoms with Gasteiger partial charge in [0.05, 0.1) is 7.11 Å². The predicted molar refractivity (Wildman–Crippen MR) is 80.4 cm³/mol. The van der Waals surface area contributed by atoms with Crippen LogP contribution in [0.25, 0.3) is 0 Å². The number of carbonyl (C=O) groups is 1. The maximum atomic E-state index is 11.6. The minimum atomic E-state index is -0.0934. The Labute approximate surface area is 121 Å². The van der Waals surface area contributed by atoms with Crippen LogP contribution in [0, 0.1) is 6.92 Å². The van der Waals surface area contributed by atoms with Crippen molar-refractivity contribution in [3.8, 4) is 11.5 Å². The molecule has 0 heterocycles. The van der Waals surface area contributed by atoms with Gasteiger partial charge in [-0.1, -0.05) is 32.3 Å². The average molecular weight is 279 g/mol. The lowest BCUT2D eigenvalue weighted by molar-refractivity contribution is -0.123. The Morgan fingerprint density at radius 3 is 2.70 bits per heavy atom. The molecule has 1 aromatic carbocycles. The smallest absolute Gasteiger partial charge is 0.257 e. The van der Waals surface area contributed by atoms with Gasteiger partial charge in [0.1, 0.15) is 0 Å². The van der Waals surface area contributed by atoms with E-state index < -0.39 is 0 Å². The summed E-state index contributed by atoms with van der Waals surface area (Å²) >= 11 is 0. The van der Waals surface area contributed by atoms with Gasteiger partial charge in [-0.05, 0) is 31.0 Å². The summed E-state index contributed by atoms with van der Waals surface area (Å²) in [5.74, 6) is 1.16. The lowest BCUT2D eigenvalue weighted by Crippen LogP contribution is -2.29. The van der Waals surface area contributed by atoms with E-state index in [1.54, 1.807) is 7.11 Å². The zero-order chi connectivity index (χ0) is 14.8. The molecule has 4 heteroatoms. The molecule has 0 unspecified atom stereocenters. The molecule has 20 heavy (non-hydrogen) atoms. The topological polar surface area (TPSA) is 47.6 Å². The van der Waals surface area contributed by atoms with Gasteiger partial charge in [0.2, 0.25) is 0 Å². The van der Waals surface area contributed by atoms with Crippen molar-refractivity contribution in [1.82, 2.24) is 5.32 Å². The van der Waals surface area contributed by atoms with Crippen molar-refractivity contribution in [3.63, 3.8) is 0 Å². The van der Waals surface area contributed by atoms with Crippen LogP contribution in [0.4, 0.5) is 0 Å². The highest BCUT2D eigenvalue weighted by atomic mass is 16.5. The zero-order valence-corrected chi connectivity index (χ0v) is 12.7. The highest BCUT2D eigenvalue weighted by molar-refractivity contribution is 5.77. The zero-order valence-electron chi connectivity index (χ0n) is 12.7. The molecule has 0 fully saturated rings. The summed E-state index contributed by atoms with van der Waals surface area (Å²) in [5.41, 5.74) is 1.09. The Hall–Kier alpha value is -1.71. The molecule has 112 valence electrons. The number of methoxy groups -OCH3 is 1. The van der Waals surface area contributed by atoms with Crippen LogP contribution in [0.15, 0.2) is 18.2 Å². The molecule has 0 aliphatic carbocycles. The Morgan fingerprint density at radius 1 is 1.20 bits per heavy atom. The Kier molecular flexibility index (Phi) is 7.55. The summed E-state index contributed by atoms with van der Waals surface area (Å²) in [7, 11) is 1.59. The van der Waals surface area contributed by atoms with Crippen molar-refractivity contribution in [2.45, 2.75) is 39.5 Å². The van der Waals surface area contributed by atoms with Gasteiger partial charge >= 0.3 is 0 Å². The first-order valence-electron chi connectivity index (χ1n) is 7.21. The number of carbonyl (C=O) groups excluding carboxylic acids is 1. The fraction of sp³-hybridized carbons (Fsp3) is 0.562. The van der Waals surface area contributed by atoms with E-state index in [-0.39, 0.29) is 12.5 Å². The van der Waals surface area contributed by atoms with E-state index in [9.17, 15) is 4.79 Å². The third-order valence-corrected chi connectivity index (χ3v) is 3.03. The van der Waals surface area contributed by atoms with Gasteiger partial charge < -0.3 is 14.8 Å². The largest absolute Gasteiger partial charge is 0.493 e. The van der Waals surface area contributed by atoms with E-state index in [1.165, 1.54) is 12.8 Å². The number of rotatable bonds is 9. The fourth-order valence-corrected chi connectivity index (χ4v) is 1.87. The molecule has 0 aliphatic heterocycles. The van der Waals surface area contributed by atoms with Crippen molar-refractivity contribution >= 4 is 5.91 Å². The minimum absolute atomic E-state index is 0.0210. The highest BCUT2D eigenvalue weighted by Gasteiger charge is 2.07. The molecule has 1 N–H and O–H groups in total. The number of aryl methyl sites for hydroxylation is 1. The van der Waals surface area contributed by atoms with Crippen LogP contribution >= 0.6 is 0 Å². The van der Waals surface area contributed by atoms with Crippen molar-refractivity contribution in [1.29, 1.82) is 0 Å². The van der Waals surface area contributed by atoms with Gasteiger partial charge in [0.25, 0.3) is 5.91 Å². The molecule has 0 aromatic heterocycles. The molecule has 1 rings (SSSR count). The molecule has 1 amide bonds. The van der Waals surface area contributed by atoms with Crippen molar-refractivity contribution in [2.75, 3.05) is 20.3 Å². The summed E-state index contributed by atoms with van der Waals surface area (Å²) in [6.45, 7) is 4.89. The number of nitrogens with one attached hydrogen (secondary N) is 1. The summed E-state index contributed by atoms with van der Waals surface area (Å²) in [6, 6.07) is 5.64. The van der Waals surface area contributed by atoms with Crippen LogP contribution in [-0.4, -0.2) is 26.2 Å². The van der Waals surface area contributed by atoms with Crippen molar-refractivity contribution < 1.29 is 14.3 Å². The molecule has 0 saturated carbocycles. The molecule has 0 spiro atoms. The maximum Gasteiger partial charge on any atom is 0.257 e. The van der Waals surface area contributed by atoms with E-state index >= 15 is 0 Å². The first-order valence-corrected chi connectivity index (χ1v) is 7.21. The Bertz CT molecular complexity index is 418. The van der Waals surface area contributed by atoms with E-state index in [0.717, 1.165) is 18.4 Å². The molecule has 1 aromatic rings. The third kappa shape index (κ3) is 5.95. The first kappa shape index (κ1) is 16.3. The average Bonchev–Trinajstić information content (AvgIpc) is 2.45. The number of amides is 1. The lowest BCUT2D eigenvalue weighted by atomic mass is 10.2. The molecule has 0 saturated heterocycles. The van der Waals surface area contributed by atoms with E-state index in [0.29, 0.717) is 18.0 Å². The summed E-state index contributed by atoms with van der Waals surface area (Å²) < 4.78 is 10.7. The summed E-state index contributed by atoms with van der Waals surface area (Å²) in [4.78, 5) is 11.6. The molecule has 4 nitrogen and oxygen atoms in total. The van der Waals surface area contributed by atoms with Crippen LogP contribution < -0.4 is 14.8 Å². The number of unbranched alkanes of at least 4 members (excludes halogenated alkanes) is 3. The summed E-state index contributed by atoms with van der Waals surface area (Å²) in [5, 5.41) is 2.86. The van der Waals surface area contributed by atoms with E-state index in [1.807, 2.05) is 25.1 Å². The second-order valence-corrected chi connectivity index (χ2v) is 4.85.